The van der Waals surface area contributed by atoms with E-state index in [1.807, 2.05) is 30.3 Å². The van der Waals surface area contributed by atoms with Crippen molar-refractivity contribution in [2.45, 2.75) is 18.5 Å². The van der Waals surface area contributed by atoms with E-state index in [9.17, 15) is 13.2 Å². The first-order chi connectivity index (χ1) is 13.8. The van der Waals surface area contributed by atoms with E-state index in [1.165, 1.54) is 0 Å². The first-order valence-corrected chi connectivity index (χ1v) is 10.9. The van der Waals surface area contributed by atoms with Crippen LogP contribution in [0.1, 0.15) is 28.8 Å². The number of aryl methyl sites for hydroxylation is 1. The molecule has 0 radical (unpaired) electrons. The number of sulfonamides is 1. The third-order valence-electron chi connectivity index (χ3n) is 4.72. The smallest absolute Gasteiger partial charge is 0.274 e. The number of aromatic nitrogens is 5. The normalized spacial score (nSPS) is 19.6. The summed E-state index contributed by atoms with van der Waals surface area (Å²) in [7, 11) is -1.63. The lowest BCUT2D eigenvalue weighted by atomic mass is 10.1. The summed E-state index contributed by atoms with van der Waals surface area (Å²) < 4.78 is 27.7. The van der Waals surface area contributed by atoms with Gasteiger partial charge < -0.3 is 9.47 Å². The number of rotatable bonds is 5. The number of H-pyrrole nitrogens is 1. The SMILES string of the molecule is Cn1cnc(C(=O)N2C[C@@H](NS(C)(=O)=O)C[C@H]2c2nc(-c3ccccc3)n[nH]2)c1. The number of nitrogens with zero attached hydrogens (tertiary/aromatic N) is 5. The summed E-state index contributed by atoms with van der Waals surface area (Å²) in [5.74, 6) is 0.738. The summed E-state index contributed by atoms with van der Waals surface area (Å²) in [5, 5.41) is 7.18. The van der Waals surface area contributed by atoms with E-state index < -0.39 is 22.1 Å². The van der Waals surface area contributed by atoms with Crippen LogP contribution in [0.5, 0.6) is 0 Å². The summed E-state index contributed by atoms with van der Waals surface area (Å²) in [6, 6.07) is 8.61. The number of aromatic amines is 1. The van der Waals surface area contributed by atoms with Crippen LogP contribution in [0.4, 0.5) is 0 Å². The lowest BCUT2D eigenvalue weighted by Gasteiger charge is -2.21. The largest absolute Gasteiger partial charge is 0.340 e. The predicted octanol–water partition coefficient (Wildman–Crippen LogP) is 0.710. The van der Waals surface area contributed by atoms with Gasteiger partial charge in [0.05, 0.1) is 18.6 Å². The first kappa shape index (κ1) is 19.3. The van der Waals surface area contributed by atoms with Crippen molar-refractivity contribution in [3.63, 3.8) is 0 Å². The number of carbonyl (C=O) groups excluding carboxylic acids is 1. The second-order valence-electron chi connectivity index (χ2n) is 7.13. The highest BCUT2D eigenvalue weighted by Crippen LogP contribution is 2.32. The van der Waals surface area contributed by atoms with Crippen LogP contribution < -0.4 is 4.72 Å². The van der Waals surface area contributed by atoms with Crippen molar-refractivity contribution in [3.8, 4) is 11.4 Å². The van der Waals surface area contributed by atoms with Gasteiger partial charge in [-0.2, -0.15) is 5.10 Å². The molecule has 4 rings (SSSR count). The van der Waals surface area contributed by atoms with Gasteiger partial charge in [-0.15, -0.1) is 0 Å². The number of hydrogen-bond acceptors (Lipinski definition) is 6. The van der Waals surface area contributed by atoms with Gasteiger partial charge in [0.2, 0.25) is 10.0 Å². The van der Waals surface area contributed by atoms with Crippen molar-refractivity contribution in [3.05, 3.63) is 54.4 Å². The molecule has 3 aromatic rings. The molecule has 152 valence electrons. The molecule has 1 aromatic carbocycles. The number of imidazole rings is 1. The zero-order chi connectivity index (χ0) is 20.6. The van der Waals surface area contributed by atoms with Crippen LogP contribution in [0, 0.1) is 0 Å². The topological polar surface area (TPSA) is 126 Å². The number of carbonyl (C=O) groups is 1. The van der Waals surface area contributed by atoms with Gasteiger partial charge in [0, 0.05) is 31.4 Å². The van der Waals surface area contributed by atoms with E-state index in [0.717, 1.165) is 11.8 Å². The number of nitrogens with one attached hydrogen (secondary N) is 2. The van der Waals surface area contributed by atoms with Crippen molar-refractivity contribution < 1.29 is 13.2 Å². The molecule has 11 heteroatoms. The number of benzene rings is 1. The van der Waals surface area contributed by atoms with Gasteiger partial charge in [0.25, 0.3) is 5.91 Å². The molecule has 0 bridgehead atoms. The van der Waals surface area contributed by atoms with Gasteiger partial charge in [0.15, 0.2) is 5.82 Å². The molecule has 2 N–H and O–H groups in total. The Morgan fingerprint density at radius 1 is 1.28 bits per heavy atom. The second kappa shape index (κ2) is 7.41. The Balaban J connectivity index is 1.64. The fourth-order valence-electron chi connectivity index (χ4n) is 3.52. The standard InChI is InChI=1S/C18H21N7O3S/c1-24-10-14(19-11-24)18(26)25-9-13(23-29(2,27)28)8-15(25)17-20-16(21-22-17)12-6-4-3-5-7-12/h3-7,10-11,13,15,23H,8-9H2,1-2H3,(H,20,21,22)/t13-,15-/m0/s1. The van der Waals surface area contributed by atoms with Gasteiger partial charge in [-0.25, -0.2) is 23.1 Å². The van der Waals surface area contributed by atoms with E-state index in [1.54, 1.807) is 29.0 Å². The average Bonchev–Trinajstić information content (AvgIpc) is 3.39. The van der Waals surface area contributed by atoms with Crippen molar-refractivity contribution in [1.29, 1.82) is 0 Å². The molecule has 2 aromatic heterocycles. The summed E-state index contributed by atoms with van der Waals surface area (Å²) in [4.78, 5) is 23.3. The minimum atomic E-state index is -3.41. The number of likely N-dealkylation sites (tertiary alicyclic amines) is 1. The van der Waals surface area contributed by atoms with E-state index in [4.69, 9.17) is 0 Å². The average molecular weight is 415 g/mol. The van der Waals surface area contributed by atoms with Gasteiger partial charge >= 0.3 is 0 Å². The molecule has 0 spiro atoms. The quantitative estimate of drug-likeness (QED) is 0.632. The van der Waals surface area contributed by atoms with Crippen LogP contribution in [-0.2, 0) is 17.1 Å². The van der Waals surface area contributed by atoms with E-state index in [0.29, 0.717) is 23.8 Å². The first-order valence-electron chi connectivity index (χ1n) is 9.04. The van der Waals surface area contributed by atoms with Gasteiger partial charge in [-0.3, -0.25) is 9.89 Å². The molecule has 10 nitrogen and oxygen atoms in total. The van der Waals surface area contributed by atoms with Crippen LogP contribution in [0.25, 0.3) is 11.4 Å². The summed E-state index contributed by atoms with van der Waals surface area (Å²) in [5.41, 5.74) is 1.14. The molecule has 0 unspecified atom stereocenters. The van der Waals surface area contributed by atoms with E-state index >= 15 is 0 Å². The van der Waals surface area contributed by atoms with E-state index in [2.05, 4.69) is 24.9 Å². The molecular formula is C18H21N7O3S. The Bertz CT molecular complexity index is 1120. The lowest BCUT2D eigenvalue weighted by molar-refractivity contribution is 0.0722. The summed E-state index contributed by atoms with van der Waals surface area (Å²) in [6.45, 7) is 0.217. The highest BCUT2D eigenvalue weighted by molar-refractivity contribution is 7.88. The number of amides is 1. The zero-order valence-electron chi connectivity index (χ0n) is 16.0. The maximum atomic E-state index is 13.0. The maximum Gasteiger partial charge on any atom is 0.274 e. The summed E-state index contributed by atoms with van der Waals surface area (Å²) >= 11 is 0. The Morgan fingerprint density at radius 3 is 2.69 bits per heavy atom. The molecule has 3 heterocycles. The molecule has 29 heavy (non-hydrogen) atoms. The van der Waals surface area contributed by atoms with Crippen LogP contribution >= 0.6 is 0 Å². The molecule has 1 aliphatic rings. The monoisotopic (exact) mass is 415 g/mol. The molecule has 1 amide bonds. The van der Waals surface area contributed by atoms with E-state index in [-0.39, 0.29) is 12.5 Å². The van der Waals surface area contributed by atoms with Crippen molar-refractivity contribution >= 4 is 15.9 Å². The fraction of sp³-hybridized carbons (Fsp3) is 0.333. The van der Waals surface area contributed by atoms with Gasteiger partial charge in [-0.05, 0) is 6.42 Å². The van der Waals surface area contributed by atoms with Crippen molar-refractivity contribution in [2.24, 2.45) is 7.05 Å². The van der Waals surface area contributed by atoms with Crippen LogP contribution in [-0.4, -0.2) is 62.8 Å². The maximum absolute atomic E-state index is 13.0. The Morgan fingerprint density at radius 2 is 2.03 bits per heavy atom. The number of hydrogen-bond donors (Lipinski definition) is 2. The van der Waals surface area contributed by atoms with Gasteiger partial charge in [0.1, 0.15) is 11.5 Å². The molecule has 1 saturated heterocycles. The minimum Gasteiger partial charge on any atom is -0.340 e. The van der Waals surface area contributed by atoms with Gasteiger partial charge in [-0.1, -0.05) is 30.3 Å². The predicted molar refractivity (Wildman–Crippen MR) is 105 cm³/mol. The third-order valence-corrected chi connectivity index (χ3v) is 5.48. The van der Waals surface area contributed by atoms with Crippen LogP contribution in [0.3, 0.4) is 0 Å². The Labute approximate surface area is 168 Å². The van der Waals surface area contributed by atoms with Crippen molar-refractivity contribution in [2.75, 3.05) is 12.8 Å². The lowest BCUT2D eigenvalue weighted by Crippen LogP contribution is -2.38. The second-order valence-corrected chi connectivity index (χ2v) is 8.91. The third kappa shape index (κ3) is 4.20. The fourth-order valence-corrected chi connectivity index (χ4v) is 4.29. The highest BCUT2D eigenvalue weighted by atomic mass is 32.2. The molecule has 2 atom stereocenters. The van der Waals surface area contributed by atoms with Crippen molar-refractivity contribution in [1.82, 2.24) is 34.4 Å². The molecule has 0 saturated carbocycles. The van der Waals surface area contributed by atoms with Crippen LogP contribution in [0.2, 0.25) is 0 Å². The van der Waals surface area contributed by atoms with Crippen LogP contribution in [0.15, 0.2) is 42.9 Å². The minimum absolute atomic E-state index is 0.217. The Hall–Kier alpha value is -3.05. The molecule has 1 fully saturated rings. The summed E-state index contributed by atoms with van der Waals surface area (Å²) in [6.07, 6.45) is 4.67. The zero-order valence-corrected chi connectivity index (χ0v) is 16.8. The molecular weight excluding hydrogens is 394 g/mol. The Kier molecular flexibility index (Phi) is 4.92. The molecule has 1 aliphatic heterocycles. The molecule has 0 aliphatic carbocycles. The highest BCUT2D eigenvalue weighted by Gasteiger charge is 2.40.